The Morgan fingerprint density at radius 3 is 1.51 bits per heavy atom. The van der Waals surface area contributed by atoms with Gasteiger partial charge in [-0.25, -0.2) is 0 Å². The van der Waals surface area contributed by atoms with Crippen molar-refractivity contribution < 1.29 is 0 Å². The molecule has 0 aliphatic carbocycles. The molecule has 4 heteroatoms. The van der Waals surface area contributed by atoms with Crippen LogP contribution in [0, 0.1) is 0 Å². The standard InChI is InChI=1S/C43H29N3Se/c47-40-37(24-13-25-38(40)43-45-41(30-16-6-2-7-17-30)44-42(46-43)31-18-8-3-9-19-31)34-22-12-21-32(26-34)35-27-33-20-10-11-23-36(33)39(28-35)29-14-4-1-5-15-29/h1-28,47H. The summed E-state index contributed by atoms with van der Waals surface area (Å²) >= 11 is 2.77. The van der Waals surface area contributed by atoms with Crippen molar-refractivity contribution in [2.45, 2.75) is 0 Å². The van der Waals surface area contributed by atoms with Crippen molar-refractivity contribution in [3.63, 3.8) is 0 Å². The van der Waals surface area contributed by atoms with Crippen LogP contribution in [0.5, 0.6) is 0 Å². The van der Waals surface area contributed by atoms with Crippen LogP contribution in [0.4, 0.5) is 0 Å². The fraction of sp³-hybridized carbons (Fsp3) is 0. The molecule has 0 atom stereocenters. The van der Waals surface area contributed by atoms with E-state index < -0.39 is 0 Å². The van der Waals surface area contributed by atoms with Gasteiger partial charge in [0.2, 0.25) is 0 Å². The number of hydrogen-bond acceptors (Lipinski definition) is 3. The minimum atomic E-state index is 0.647. The maximum atomic E-state index is 5.00. The molecule has 3 nitrogen and oxygen atoms in total. The topological polar surface area (TPSA) is 38.7 Å². The van der Waals surface area contributed by atoms with Crippen molar-refractivity contribution >= 4 is 31.2 Å². The second kappa shape index (κ2) is 12.6. The first-order valence-corrected chi connectivity index (χ1v) is 16.5. The van der Waals surface area contributed by atoms with Crippen LogP contribution < -0.4 is 4.46 Å². The molecule has 8 rings (SSSR count). The summed E-state index contributed by atoms with van der Waals surface area (Å²) in [6, 6.07) is 59.2. The van der Waals surface area contributed by atoms with E-state index in [1.807, 2.05) is 60.7 Å². The van der Waals surface area contributed by atoms with E-state index >= 15 is 0 Å². The Hall–Kier alpha value is -5.67. The number of benzene rings is 7. The Labute approximate surface area is 282 Å². The summed E-state index contributed by atoms with van der Waals surface area (Å²) in [6.07, 6.45) is 0. The fourth-order valence-corrected chi connectivity index (χ4v) is 6.88. The van der Waals surface area contributed by atoms with Crippen molar-refractivity contribution in [2.75, 3.05) is 0 Å². The van der Waals surface area contributed by atoms with Gasteiger partial charge in [-0.3, -0.25) is 0 Å². The summed E-state index contributed by atoms with van der Waals surface area (Å²) in [7, 11) is 0. The summed E-state index contributed by atoms with van der Waals surface area (Å²) in [5, 5.41) is 2.48. The van der Waals surface area contributed by atoms with E-state index in [-0.39, 0.29) is 0 Å². The Balaban J connectivity index is 1.24. The van der Waals surface area contributed by atoms with Crippen molar-refractivity contribution in [1.29, 1.82) is 0 Å². The summed E-state index contributed by atoms with van der Waals surface area (Å²) < 4.78 is 1.06. The number of hydrogen-bond donors (Lipinski definition) is 0. The van der Waals surface area contributed by atoms with Crippen LogP contribution in [-0.2, 0) is 0 Å². The molecule has 222 valence electrons. The zero-order valence-electron chi connectivity index (χ0n) is 25.5. The molecule has 8 aromatic rings. The van der Waals surface area contributed by atoms with Crippen LogP contribution in [0.2, 0.25) is 0 Å². The van der Waals surface area contributed by atoms with Crippen molar-refractivity contribution in [2.24, 2.45) is 0 Å². The van der Waals surface area contributed by atoms with Crippen LogP contribution in [0.1, 0.15) is 0 Å². The number of fused-ring (bicyclic) bond motifs is 1. The van der Waals surface area contributed by atoms with E-state index in [0.29, 0.717) is 17.5 Å². The molecule has 1 aromatic heterocycles. The van der Waals surface area contributed by atoms with E-state index in [9.17, 15) is 0 Å². The third-order valence-electron chi connectivity index (χ3n) is 8.43. The van der Waals surface area contributed by atoms with Gasteiger partial charge in [0.05, 0.1) is 0 Å². The number of aromatic nitrogens is 3. The first-order chi connectivity index (χ1) is 23.2. The molecule has 0 saturated heterocycles. The van der Waals surface area contributed by atoms with Crippen LogP contribution in [0.15, 0.2) is 170 Å². The molecule has 0 N–H and O–H groups in total. The molecule has 47 heavy (non-hydrogen) atoms. The van der Waals surface area contributed by atoms with Gasteiger partial charge in [-0.1, -0.05) is 0 Å². The molecular formula is C43H29N3Se. The molecule has 0 spiro atoms. The molecule has 0 radical (unpaired) electrons. The SMILES string of the molecule is [SeH]c1c(-c2cccc(-c3cc(-c4ccccc4)c4ccccc4c3)c2)cccc1-c1nc(-c2ccccc2)nc(-c2ccccc2)n1. The quantitative estimate of drug-likeness (QED) is 0.166. The Bertz CT molecular complexity index is 2300. The molecular weight excluding hydrogens is 637 g/mol. The molecule has 1 heterocycles. The second-order valence-electron chi connectivity index (χ2n) is 11.4. The van der Waals surface area contributed by atoms with E-state index in [2.05, 4.69) is 125 Å². The van der Waals surface area contributed by atoms with Crippen molar-refractivity contribution in [1.82, 2.24) is 15.0 Å². The van der Waals surface area contributed by atoms with Gasteiger partial charge < -0.3 is 0 Å². The Morgan fingerprint density at radius 1 is 0.319 bits per heavy atom. The molecule has 7 aromatic carbocycles. The van der Waals surface area contributed by atoms with E-state index in [4.69, 9.17) is 15.0 Å². The normalized spacial score (nSPS) is 11.1. The van der Waals surface area contributed by atoms with E-state index in [0.717, 1.165) is 32.3 Å². The third kappa shape index (κ3) is 5.77. The zero-order valence-corrected chi connectivity index (χ0v) is 27.3. The minimum absolute atomic E-state index is 0.647. The average molecular weight is 667 g/mol. The first kappa shape index (κ1) is 28.8. The monoisotopic (exact) mass is 667 g/mol. The summed E-state index contributed by atoms with van der Waals surface area (Å²) in [5.41, 5.74) is 9.92. The predicted molar refractivity (Wildman–Crippen MR) is 197 cm³/mol. The third-order valence-corrected chi connectivity index (χ3v) is 9.44. The van der Waals surface area contributed by atoms with Crippen molar-refractivity contribution in [3.8, 4) is 67.5 Å². The van der Waals surface area contributed by atoms with Crippen LogP contribution in [0.25, 0.3) is 78.3 Å². The molecule has 0 fully saturated rings. The average Bonchev–Trinajstić information content (AvgIpc) is 3.15. The van der Waals surface area contributed by atoms with Gasteiger partial charge in [-0.05, 0) is 0 Å². The predicted octanol–water partition coefficient (Wildman–Crippen LogP) is 9.55. The molecule has 0 aliphatic heterocycles. The zero-order chi connectivity index (χ0) is 31.6. The van der Waals surface area contributed by atoms with Gasteiger partial charge in [0.25, 0.3) is 0 Å². The van der Waals surface area contributed by atoms with Gasteiger partial charge in [-0.15, -0.1) is 0 Å². The molecule has 0 amide bonds. The van der Waals surface area contributed by atoms with Gasteiger partial charge in [0, 0.05) is 0 Å². The molecule has 0 unspecified atom stereocenters. The summed E-state index contributed by atoms with van der Waals surface area (Å²) in [4.78, 5) is 14.9. The molecule has 0 aliphatic rings. The van der Waals surface area contributed by atoms with Crippen LogP contribution in [0.3, 0.4) is 0 Å². The second-order valence-corrected chi connectivity index (χ2v) is 12.4. The number of nitrogens with zero attached hydrogens (tertiary/aromatic N) is 3. The number of rotatable bonds is 6. The molecule has 0 saturated carbocycles. The van der Waals surface area contributed by atoms with Gasteiger partial charge in [-0.2, -0.15) is 0 Å². The summed E-state index contributed by atoms with van der Waals surface area (Å²) in [5.74, 6) is 1.95. The summed E-state index contributed by atoms with van der Waals surface area (Å²) in [6.45, 7) is 0. The van der Waals surface area contributed by atoms with Crippen LogP contribution in [-0.4, -0.2) is 31.0 Å². The van der Waals surface area contributed by atoms with Crippen LogP contribution >= 0.6 is 0 Å². The first-order valence-electron chi connectivity index (χ1n) is 15.6. The van der Waals surface area contributed by atoms with E-state index in [1.165, 1.54) is 33.0 Å². The maximum absolute atomic E-state index is 5.00. The Morgan fingerprint density at radius 2 is 0.830 bits per heavy atom. The van der Waals surface area contributed by atoms with Gasteiger partial charge in [0.1, 0.15) is 0 Å². The van der Waals surface area contributed by atoms with E-state index in [1.54, 1.807) is 0 Å². The fourth-order valence-electron chi connectivity index (χ4n) is 6.09. The Kier molecular flexibility index (Phi) is 7.72. The van der Waals surface area contributed by atoms with Crippen molar-refractivity contribution in [3.05, 3.63) is 170 Å². The molecule has 0 bridgehead atoms. The van der Waals surface area contributed by atoms with Gasteiger partial charge >= 0.3 is 284 Å². The van der Waals surface area contributed by atoms with Gasteiger partial charge in [0.15, 0.2) is 0 Å².